The third kappa shape index (κ3) is 3.00. The second kappa shape index (κ2) is 5.65. The highest BCUT2D eigenvalue weighted by molar-refractivity contribution is 6.30. The minimum atomic E-state index is 0.561. The lowest BCUT2D eigenvalue weighted by molar-refractivity contribution is 0.385. The topological polar surface area (TPSA) is 38.9 Å². The fraction of sp³-hybridized carbons (Fsp3) is 0.0667. The first-order chi connectivity index (χ1) is 9.70. The van der Waals surface area contributed by atoms with Crippen LogP contribution in [0.5, 0.6) is 0 Å². The van der Waals surface area contributed by atoms with E-state index in [0.717, 1.165) is 11.1 Å². The van der Waals surface area contributed by atoms with Crippen molar-refractivity contribution in [3.63, 3.8) is 0 Å². The summed E-state index contributed by atoms with van der Waals surface area (Å²) < 4.78 is 5.26. The molecule has 5 heteroatoms. The van der Waals surface area contributed by atoms with Gasteiger partial charge in [0.15, 0.2) is 0 Å². The SMILES string of the molecule is Clc1ccc(Cc2nc(-c3ccc(Cl)cc3)no2)cc1. The minimum absolute atomic E-state index is 0.561. The summed E-state index contributed by atoms with van der Waals surface area (Å²) in [4.78, 5) is 4.37. The van der Waals surface area contributed by atoms with Crippen LogP contribution in [0.1, 0.15) is 11.5 Å². The molecule has 2 aromatic carbocycles. The number of aromatic nitrogens is 2. The van der Waals surface area contributed by atoms with Gasteiger partial charge in [-0.2, -0.15) is 4.98 Å². The summed E-state index contributed by atoms with van der Waals surface area (Å²) in [5.74, 6) is 1.13. The molecular formula is C15H10Cl2N2O. The van der Waals surface area contributed by atoms with Crippen molar-refractivity contribution in [3.05, 3.63) is 70.0 Å². The van der Waals surface area contributed by atoms with Crippen molar-refractivity contribution in [2.75, 3.05) is 0 Å². The zero-order chi connectivity index (χ0) is 13.9. The predicted molar refractivity (Wildman–Crippen MR) is 79.0 cm³/mol. The van der Waals surface area contributed by atoms with Crippen LogP contribution < -0.4 is 0 Å². The lowest BCUT2D eigenvalue weighted by Gasteiger charge is -1.96. The van der Waals surface area contributed by atoms with Crippen LogP contribution in [0.25, 0.3) is 11.4 Å². The second-order valence-corrected chi connectivity index (χ2v) is 5.19. The van der Waals surface area contributed by atoms with Gasteiger partial charge in [0.25, 0.3) is 0 Å². The average Bonchev–Trinajstić information content (AvgIpc) is 2.91. The fourth-order valence-electron chi connectivity index (χ4n) is 1.82. The van der Waals surface area contributed by atoms with E-state index in [1.807, 2.05) is 36.4 Å². The van der Waals surface area contributed by atoms with Crippen molar-refractivity contribution < 1.29 is 4.52 Å². The van der Waals surface area contributed by atoms with Crippen molar-refractivity contribution in [2.24, 2.45) is 0 Å². The molecule has 0 unspecified atom stereocenters. The number of nitrogens with zero attached hydrogens (tertiary/aromatic N) is 2. The molecular weight excluding hydrogens is 295 g/mol. The maximum atomic E-state index is 5.85. The maximum Gasteiger partial charge on any atom is 0.231 e. The third-order valence-corrected chi connectivity index (χ3v) is 3.34. The van der Waals surface area contributed by atoms with Gasteiger partial charge in [-0.15, -0.1) is 0 Å². The van der Waals surface area contributed by atoms with Crippen LogP contribution in [0.2, 0.25) is 10.0 Å². The van der Waals surface area contributed by atoms with Crippen LogP contribution in [-0.2, 0) is 6.42 Å². The molecule has 0 aliphatic heterocycles. The Bertz CT molecular complexity index is 705. The van der Waals surface area contributed by atoms with Gasteiger partial charge in [-0.25, -0.2) is 0 Å². The molecule has 3 rings (SSSR count). The van der Waals surface area contributed by atoms with E-state index < -0.39 is 0 Å². The molecule has 0 bridgehead atoms. The summed E-state index contributed by atoms with van der Waals surface area (Å²) in [5, 5.41) is 5.36. The summed E-state index contributed by atoms with van der Waals surface area (Å²) in [5.41, 5.74) is 1.95. The van der Waals surface area contributed by atoms with E-state index in [2.05, 4.69) is 10.1 Å². The van der Waals surface area contributed by atoms with E-state index in [9.17, 15) is 0 Å². The Balaban J connectivity index is 1.80. The molecule has 0 radical (unpaired) electrons. The largest absolute Gasteiger partial charge is 0.339 e. The van der Waals surface area contributed by atoms with E-state index >= 15 is 0 Å². The predicted octanol–water partition coefficient (Wildman–Crippen LogP) is 4.63. The molecule has 20 heavy (non-hydrogen) atoms. The van der Waals surface area contributed by atoms with Gasteiger partial charge in [-0.3, -0.25) is 0 Å². The van der Waals surface area contributed by atoms with Gasteiger partial charge in [-0.05, 0) is 42.0 Å². The molecule has 0 amide bonds. The summed E-state index contributed by atoms with van der Waals surface area (Å²) in [6.07, 6.45) is 0.581. The van der Waals surface area contributed by atoms with Gasteiger partial charge >= 0.3 is 0 Å². The third-order valence-electron chi connectivity index (χ3n) is 2.84. The molecule has 0 saturated heterocycles. The van der Waals surface area contributed by atoms with Crippen LogP contribution in [0, 0.1) is 0 Å². The molecule has 0 atom stereocenters. The van der Waals surface area contributed by atoms with E-state index in [0.29, 0.717) is 28.2 Å². The number of rotatable bonds is 3. The Morgan fingerprint density at radius 2 is 1.45 bits per heavy atom. The van der Waals surface area contributed by atoms with Crippen LogP contribution in [0.4, 0.5) is 0 Å². The van der Waals surface area contributed by atoms with Gasteiger partial charge in [0.1, 0.15) is 0 Å². The van der Waals surface area contributed by atoms with E-state index in [1.54, 1.807) is 12.1 Å². The first-order valence-corrected chi connectivity index (χ1v) is 6.79. The Morgan fingerprint density at radius 3 is 2.10 bits per heavy atom. The van der Waals surface area contributed by atoms with Gasteiger partial charge in [0.2, 0.25) is 11.7 Å². The molecule has 1 aromatic heterocycles. The standard InChI is InChI=1S/C15H10Cl2N2O/c16-12-5-1-10(2-6-12)9-14-18-15(19-20-14)11-3-7-13(17)8-4-11/h1-8H,9H2. The highest BCUT2D eigenvalue weighted by Crippen LogP contribution is 2.20. The highest BCUT2D eigenvalue weighted by Gasteiger charge is 2.09. The zero-order valence-electron chi connectivity index (χ0n) is 10.4. The zero-order valence-corrected chi connectivity index (χ0v) is 11.9. The summed E-state index contributed by atoms with van der Waals surface area (Å²) in [7, 11) is 0. The Hall–Kier alpha value is -1.84. The molecule has 3 aromatic rings. The van der Waals surface area contributed by atoms with Crippen molar-refractivity contribution >= 4 is 23.2 Å². The molecule has 1 heterocycles. The molecule has 0 aliphatic carbocycles. The van der Waals surface area contributed by atoms with Crippen LogP contribution in [0.15, 0.2) is 53.1 Å². The van der Waals surface area contributed by atoms with Crippen molar-refractivity contribution in [1.29, 1.82) is 0 Å². The van der Waals surface area contributed by atoms with Crippen molar-refractivity contribution in [2.45, 2.75) is 6.42 Å². The van der Waals surface area contributed by atoms with E-state index in [-0.39, 0.29) is 0 Å². The average molecular weight is 305 g/mol. The highest BCUT2D eigenvalue weighted by atomic mass is 35.5. The lowest BCUT2D eigenvalue weighted by Crippen LogP contribution is -1.88. The maximum absolute atomic E-state index is 5.85. The van der Waals surface area contributed by atoms with Gasteiger partial charge in [-0.1, -0.05) is 40.5 Å². The normalized spacial score (nSPS) is 10.7. The van der Waals surface area contributed by atoms with Gasteiger partial charge < -0.3 is 4.52 Å². The van der Waals surface area contributed by atoms with Gasteiger partial charge in [0.05, 0.1) is 6.42 Å². The molecule has 3 nitrogen and oxygen atoms in total. The first-order valence-electron chi connectivity index (χ1n) is 6.04. The molecule has 0 saturated carbocycles. The number of hydrogen-bond donors (Lipinski definition) is 0. The van der Waals surface area contributed by atoms with E-state index in [4.69, 9.17) is 27.7 Å². The lowest BCUT2D eigenvalue weighted by atomic mass is 10.1. The molecule has 0 spiro atoms. The monoisotopic (exact) mass is 304 g/mol. The van der Waals surface area contributed by atoms with E-state index in [1.165, 1.54) is 0 Å². The summed E-state index contributed by atoms with van der Waals surface area (Å²) in [6.45, 7) is 0. The Labute approximate surface area is 126 Å². The number of hydrogen-bond acceptors (Lipinski definition) is 3. The second-order valence-electron chi connectivity index (χ2n) is 4.32. The fourth-order valence-corrected chi connectivity index (χ4v) is 2.07. The summed E-state index contributed by atoms with van der Waals surface area (Å²) in [6, 6.07) is 14.9. The Kier molecular flexibility index (Phi) is 3.72. The summed E-state index contributed by atoms with van der Waals surface area (Å²) >= 11 is 11.7. The molecule has 0 N–H and O–H groups in total. The smallest absolute Gasteiger partial charge is 0.231 e. The minimum Gasteiger partial charge on any atom is -0.339 e. The number of benzene rings is 2. The molecule has 0 aliphatic rings. The van der Waals surface area contributed by atoms with Crippen molar-refractivity contribution in [3.8, 4) is 11.4 Å². The number of halogens is 2. The first kappa shape index (κ1) is 13.2. The van der Waals surface area contributed by atoms with Crippen LogP contribution in [0.3, 0.4) is 0 Å². The van der Waals surface area contributed by atoms with Crippen LogP contribution >= 0.6 is 23.2 Å². The molecule has 100 valence electrons. The van der Waals surface area contributed by atoms with Crippen molar-refractivity contribution in [1.82, 2.24) is 10.1 Å². The Morgan fingerprint density at radius 1 is 0.850 bits per heavy atom. The van der Waals surface area contributed by atoms with Gasteiger partial charge in [0, 0.05) is 15.6 Å². The van der Waals surface area contributed by atoms with Crippen LogP contribution in [-0.4, -0.2) is 10.1 Å². The quantitative estimate of drug-likeness (QED) is 0.708. The molecule has 0 fully saturated rings.